The summed E-state index contributed by atoms with van der Waals surface area (Å²) >= 11 is 0. The number of para-hydroxylation sites is 1. The molecule has 0 bridgehead atoms. The molecule has 1 aromatic heterocycles. The predicted octanol–water partition coefficient (Wildman–Crippen LogP) is 4.13. The van der Waals surface area contributed by atoms with Crippen LogP contribution in [0.2, 0.25) is 0 Å². The topological polar surface area (TPSA) is 48.3 Å². The van der Waals surface area contributed by atoms with Crippen LogP contribution in [-0.4, -0.2) is 23.1 Å². The van der Waals surface area contributed by atoms with E-state index in [4.69, 9.17) is 4.74 Å². The Morgan fingerprint density at radius 1 is 1.08 bits per heavy atom. The Kier molecular flexibility index (Phi) is 4.33. The maximum absolute atomic E-state index is 12.9. The number of hydrogen-bond acceptors (Lipinski definition) is 3. The molecule has 0 amide bonds. The molecule has 0 saturated heterocycles. The number of aryl methyl sites for hydroxylation is 1. The Labute approximate surface area is 152 Å². The van der Waals surface area contributed by atoms with E-state index in [-0.39, 0.29) is 18.3 Å². The van der Waals surface area contributed by atoms with Crippen molar-refractivity contribution in [1.29, 1.82) is 0 Å². The van der Waals surface area contributed by atoms with Gasteiger partial charge in [-0.25, -0.2) is 0 Å². The van der Waals surface area contributed by atoms with Gasteiger partial charge in [-0.2, -0.15) is 0 Å². The Hall–Kier alpha value is -2.88. The highest BCUT2D eigenvalue weighted by atomic mass is 16.5. The zero-order chi connectivity index (χ0) is 18.1. The van der Waals surface area contributed by atoms with Crippen molar-refractivity contribution in [3.63, 3.8) is 0 Å². The van der Waals surface area contributed by atoms with Gasteiger partial charge in [-0.1, -0.05) is 35.9 Å². The summed E-state index contributed by atoms with van der Waals surface area (Å²) in [7, 11) is 0. The van der Waals surface area contributed by atoms with Crippen LogP contribution in [0.15, 0.2) is 54.7 Å². The highest BCUT2D eigenvalue weighted by Crippen LogP contribution is 2.29. The van der Waals surface area contributed by atoms with Crippen LogP contribution in [-0.2, 0) is 16.0 Å². The zero-order valence-electron chi connectivity index (χ0n) is 14.8. The van der Waals surface area contributed by atoms with Crippen molar-refractivity contribution >= 4 is 22.8 Å². The lowest BCUT2D eigenvalue weighted by Gasteiger charge is -2.04. The van der Waals surface area contributed by atoms with Crippen LogP contribution in [0.1, 0.15) is 34.3 Å². The lowest BCUT2D eigenvalue weighted by molar-refractivity contribution is -0.143. The second-order valence-electron chi connectivity index (χ2n) is 7.02. The molecule has 4 heteroatoms. The van der Waals surface area contributed by atoms with Gasteiger partial charge in [0.15, 0.2) is 0 Å². The molecule has 1 heterocycles. The molecule has 26 heavy (non-hydrogen) atoms. The number of esters is 1. The number of benzene rings is 2. The Morgan fingerprint density at radius 2 is 1.81 bits per heavy atom. The number of aromatic nitrogens is 1. The number of hydrogen-bond donors (Lipinski definition) is 0. The summed E-state index contributed by atoms with van der Waals surface area (Å²) in [6.45, 7) is 2.50. The molecule has 4 nitrogen and oxygen atoms in total. The van der Waals surface area contributed by atoms with E-state index in [1.807, 2.05) is 55.5 Å². The van der Waals surface area contributed by atoms with Crippen molar-refractivity contribution in [3.05, 3.63) is 71.4 Å². The zero-order valence-corrected chi connectivity index (χ0v) is 14.8. The number of ether oxygens (including phenoxy) is 1. The second kappa shape index (κ2) is 6.79. The van der Waals surface area contributed by atoms with E-state index in [0.29, 0.717) is 18.1 Å². The predicted molar refractivity (Wildman–Crippen MR) is 100 cm³/mol. The lowest BCUT2D eigenvalue weighted by Crippen LogP contribution is -2.11. The van der Waals surface area contributed by atoms with E-state index in [0.717, 1.165) is 34.9 Å². The van der Waals surface area contributed by atoms with Crippen molar-refractivity contribution in [2.24, 2.45) is 5.92 Å². The molecule has 1 fully saturated rings. The van der Waals surface area contributed by atoms with Crippen molar-refractivity contribution in [3.8, 4) is 0 Å². The van der Waals surface area contributed by atoms with E-state index in [1.54, 1.807) is 10.8 Å². The van der Waals surface area contributed by atoms with Gasteiger partial charge in [0.1, 0.15) is 0 Å². The first kappa shape index (κ1) is 16.6. The molecular formula is C22H21NO3. The fraction of sp³-hybridized carbons (Fsp3) is 0.273. The minimum atomic E-state index is -0.234. The van der Waals surface area contributed by atoms with Crippen molar-refractivity contribution in [1.82, 2.24) is 4.57 Å². The summed E-state index contributed by atoms with van der Waals surface area (Å²) in [5.74, 6) is 0.213. The highest BCUT2D eigenvalue weighted by Gasteiger charge is 2.23. The maximum Gasteiger partial charge on any atom is 0.310 e. The monoisotopic (exact) mass is 347 g/mol. The van der Waals surface area contributed by atoms with Gasteiger partial charge in [-0.05, 0) is 49.4 Å². The molecule has 1 saturated carbocycles. The van der Waals surface area contributed by atoms with Gasteiger partial charge in [-0.15, -0.1) is 0 Å². The number of fused-ring (bicyclic) bond motifs is 1. The molecule has 132 valence electrons. The summed E-state index contributed by atoms with van der Waals surface area (Å²) in [5, 5.41) is 0.913. The molecule has 0 spiro atoms. The minimum Gasteiger partial charge on any atom is -0.465 e. The molecule has 0 unspecified atom stereocenters. The molecule has 2 aromatic carbocycles. The fourth-order valence-corrected chi connectivity index (χ4v) is 3.10. The van der Waals surface area contributed by atoms with Crippen LogP contribution in [0.5, 0.6) is 0 Å². The Morgan fingerprint density at radius 3 is 2.54 bits per heavy atom. The lowest BCUT2D eigenvalue weighted by atomic mass is 10.1. The number of nitrogens with zero attached hydrogens (tertiary/aromatic N) is 1. The standard InChI is InChI=1S/C22H21NO3/c1-15-6-10-17(11-7-15)22(25)23-13-18(19-4-2-3-5-20(19)23)12-21(24)26-14-16-8-9-16/h2-7,10-11,13,16H,8-9,12,14H2,1H3. The molecule has 0 aliphatic heterocycles. The van der Waals surface area contributed by atoms with Gasteiger partial charge >= 0.3 is 5.97 Å². The smallest absolute Gasteiger partial charge is 0.310 e. The summed E-state index contributed by atoms with van der Waals surface area (Å²) < 4.78 is 6.98. The van der Waals surface area contributed by atoms with Crippen LogP contribution >= 0.6 is 0 Å². The summed E-state index contributed by atoms with van der Waals surface area (Å²) in [6.07, 6.45) is 4.25. The maximum atomic E-state index is 12.9. The van der Waals surface area contributed by atoms with E-state index >= 15 is 0 Å². The molecule has 1 aliphatic rings. The Balaban J connectivity index is 1.63. The van der Waals surface area contributed by atoms with Gasteiger partial charge in [0.05, 0.1) is 18.5 Å². The van der Waals surface area contributed by atoms with Crippen LogP contribution in [0, 0.1) is 12.8 Å². The normalized spacial score (nSPS) is 13.7. The van der Waals surface area contributed by atoms with Gasteiger partial charge in [0.2, 0.25) is 0 Å². The van der Waals surface area contributed by atoms with Gasteiger partial charge in [-0.3, -0.25) is 14.2 Å². The first-order valence-electron chi connectivity index (χ1n) is 8.98. The molecule has 3 aromatic rings. The third-order valence-electron chi connectivity index (χ3n) is 4.82. The van der Waals surface area contributed by atoms with Crippen LogP contribution in [0.4, 0.5) is 0 Å². The Bertz CT molecular complexity index is 965. The molecule has 1 aliphatic carbocycles. The third kappa shape index (κ3) is 3.40. The van der Waals surface area contributed by atoms with Crippen molar-refractivity contribution < 1.29 is 14.3 Å². The van der Waals surface area contributed by atoms with Crippen LogP contribution in [0.3, 0.4) is 0 Å². The first-order valence-corrected chi connectivity index (χ1v) is 8.98. The number of rotatable bonds is 5. The molecular weight excluding hydrogens is 326 g/mol. The van der Waals surface area contributed by atoms with E-state index in [9.17, 15) is 9.59 Å². The van der Waals surface area contributed by atoms with E-state index in [1.165, 1.54) is 0 Å². The summed E-state index contributed by atoms with van der Waals surface area (Å²) in [4.78, 5) is 25.1. The third-order valence-corrected chi connectivity index (χ3v) is 4.82. The SMILES string of the molecule is Cc1ccc(C(=O)n2cc(CC(=O)OCC3CC3)c3ccccc32)cc1. The number of carbonyl (C=O) groups is 2. The molecule has 4 rings (SSSR count). The van der Waals surface area contributed by atoms with Gasteiger partial charge in [0.25, 0.3) is 5.91 Å². The molecule has 0 radical (unpaired) electrons. The van der Waals surface area contributed by atoms with Gasteiger partial charge in [0, 0.05) is 17.1 Å². The van der Waals surface area contributed by atoms with Crippen molar-refractivity contribution in [2.75, 3.05) is 6.61 Å². The fourth-order valence-electron chi connectivity index (χ4n) is 3.10. The largest absolute Gasteiger partial charge is 0.465 e. The van der Waals surface area contributed by atoms with Crippen molar-refractivity contribution in [2.45, 2.75) is 26.2 Å². The average Bonchev–Trinajstić information content (AvgIpc) is 3.42. The van der Waals surface area contributed by atoms with Crippen LogP contribution < -0.4 is 0 Å². The first-order chi connectivity index (χ1) is 12.6. The van der Waals surface area contributed by atoms with Gasteiger partial charge < -0.3 is 4.74 Å². The highest BCUT2D eigenvalue weighted by molar-refractivity contribution is 6.03. The molecule has 0 atom stereocenters. The van der Waals surface area contributed by atoms with Crippen LogP contribution in [0.25, 0.3) is 10.9 Å². The quantitative estimate of drug-likeness (QED) is 0.652. The second-order valence-corrected chi connectivity index (χ2v) is 7.02. The summed E-state index contributed by atoms with van der Waals surface area (Å²) in [6, 6.07) is 15.2. The minimum absolute atomic E-state index is 0.0983. The summed E-state index contributed by atoms with van der Waals surface area (Å²) in [5.41, 5.74) is 3.36. The molecule has 0 N–H and O–H groups in total. The average molecular weight is 347 g/mol. The van der Waals surface area contributed by atoms with E-state index in [2.05, 4.69) is 0 Å². The van der Waals surface area contributed by atoms with E-state index < -0.39 is 0 Å². The number of carbonyl (C=O) groups excluding carboxylic acids is 2.